The largest absolute Gasteiger partial charge is 0.390 e. The summed E-state index contributed by atoms with van der Waals surface area (Å²) in [5.74, 6) is 0. The standard InChI is InChI=1S/C7H14NO/c1-2-3-4-8-5-7(9)6-8/h7,9H,1-6H2. The van der Waals surface area contributed by atoms with Crippen molar-refractivity contribution in [3.63, 3.8) is 0 Å². The molecule has 0 amide bonds. The number of likely N-dealkylation sites (tertiary alicyclic amines) is 1. The third kappa shape index (κ3) is 1.95. The SMILES string of the molecule is [CH2]CCCN1CC(O)C1. The van der Waals surface area contributed by atoms with Crippen molar-refractivity contribution in [3.05, 3.63) is 6.92 Å². The van der Waals surface area contributed by atoms with E-state index >= 15 is 0 Å². The molecule has 2 heteroatoms. The van der Waals surface area contributed by atoms with Crippen LogP contribution in [0.15, 0.2) is 0 Å². The molecule has 0 aromatic heterocycles. The number of aliphatic hydroxyl groups is 1. The van der Waals surface area contributed by atoms with E-state index in [-0.39, 0.29) is 6.10 Å². The third-order valence-corrected chi connectivity index (χ3v) is 1.66. The average Bonchev–Trinajstić information content (AvgIpc) is 1.78. The molecule has 1 heterocycles. The van der Waals surface area contributed by atoms with Gasteiger partial charge in [-0.15, -0.1) is 0 Å². The van der Waals surface area contributed by atoms with Gasteiger partial charge in [-0.1, -0.05) is 13.3 Å². The van der Waals surface area contributed by atoms with Gasteiger partial charge in [0.2, 0.25) is 0 Å². The zero-order valence-electron chi connectivity index (χ0n) is 5.71. The number of hydrogen-bond acceptors (Lipinski definition) is 2. The zero-order valence-corrected chi connectivity index (χ0v) is 5.71. The summed E-state index contributed by atoms with van der Waals surface area (Å²) >= 11 is 0. The summed E-state index contributed by atoms with van der Waals surface area (Å²) in [5.41, 5.74) is 0. The minimum Gasteiger partial charge on any atom is -0.390 e. The molecule has 1 radical (unpaired) electrons. The Balaban J connectivity index is 1.91. The van der Waals surface area contributed by atoms with Gasteiger partial charge >= 0.3 is 0 Å². The fourth-order valence-corrected chi connectivity index (χ4v) is 1.06. The quantitative estimate of drug-likeness (QED) is 0.590. The smallest absolute Gasteiger partial charge is 0.0793 e. The molecule has 1 N–H and O–H groups in total. The Kier molecular flexibility index (Phi) is 2.49. The molecule has 0 aromatic rings. The fraction of sp³-hybridized carbons (Fsp3) is 0.857. The number of nitrogens with zero attached hydrogens (tertiary/aromatic N) is 1. The van der Waals surface area contributed by atoms with Crippen LogP contribution in [-0.2, 0) is 0 Å². The molecular formula is C7H14NO. The van der Waals surface area contributed by atoms with E-state index < -0.39 is 0 Å². The second kappa shape index (κ2) is 3.18. The lowest BCUT2D eigenvalue weighted by Gasteiger charge is -2.35. The zero-order chi connectivity index (χ0) is 6.69. The fourth-order valence-electron chi connectivity index (χ4n) is 1.06. The molecule has 0 unspecified atom stereocenters. The number of unbranched alkanes of at least 4 members (excludes halogenated alkanes) is 1. The molecule has 0 aromatic carbocycles. The van der Waals surface area contributed by atoms with E-state index in [1.54, 1.807) is 0 Å². The van der Waals surface area contributed by atoms with Crippen LogP contribution in [0, 0.1) is 6.92 Å². The molecule has 1 rings (SSSR count). The maximum absolute atomic E-state index is 8.86. The highest BCUT2D eigenvalue weighted by Gasteiger charge is 2.22. The highest BCUT2D eigenvalue weighted by Crippen LogP contribution is 2.07. The second-order valence-electron chi connectivity index (χ2n) is 2.62. The molecule has 0 saturated carbocycles. The lowest BCUT2D eigenvalue weighted by Crippen LogP contribution is -2.50. The van der Waals surface area contributed by atoms with Crippen molar-refractivity contribution in [3.8, 4) is 0 Å². The summed E-state index contributed by atoms with van der Waals surface area (Å²) in [4.78, 5) is 2.25. The Hall–Kier alpha value is -0.0800. The number of hydrogen-bond donors (Lipinski definition) is 1. The Bertz CT molecular complexity index is 79.0. The molecule has 2 nitrogen and oxygen atoms in total. The van der Waals surface area contributed by atoms with Crippen LogP contribution < -0.4 is 0 Å². The van der Waals surface area contributed by atoms with Gasteiger partial charge < -0.3 is 5.11 Å². The number of β-amino-alcohol motifs (C(OH)–C–C–N with tert-alkyl or cyclic N) is 1. The van der Waals surface area contributed by atoms with Crippen LogP contribution in [0.2, 0.25) is 0 Å². The molecule has 0 spiro atoms. The van der Waals surface area contributed by atoms with Crippen molar-refractivity contribution >= 4 is 0 Å². The van der Waals surface area contributed by atoms with Crippen LogP contribution in [0.4, 0.5) is 0 Å². The molecule has 0 bridgehead atoms. The predicted molar refractivity (Wildman–Crippen MR) is 37.0 cm³/mol. The van der Waals surface area contributed by atoms with E-state index in [0.29, 0.717) is 0 Å². The van der Waals surface area contributed by atoms with Crippen molar-refractivity contribution in [2.24, 2.45) is 0 Å². The first-order valence-electron chi connectivity index (χ1n) is 3.52. The van der Waals surface area contributed by atoms with Crippen LogP contribution >= 0.6 is 0 Å². The summed E-state index contributed by atoms with van der Waals surface area (Å²) in [5, 5.41) is 8.86. The van der Waals surface area contributed by atoms with Crippen molar-refractivity contribution in [2.75, 3.05) is 19.6 Å². The summed E-state index contributed by atoms with van der Waals surface area (Å²) in [6.07, 6.45) is 2.12. The summed E-state index contributed by atoms with van der Waals surface area (Å²) in [6.45, 7) is 6.61. The first-order valence-corrected chi connectivity index (χ1v) is 3.52. The normalized spacial score (nSPS) is 22.0. The van der Waals surface area contributed by atoms with E-state index in [1.165, 1.54) is 0 Å². The summed E-state index contributed by atoms with van der Waals surface area (Å²) in [6, 6.07) is 0. The van der Waals surface area contributed by atoms with Gasteiger partial charge in [0.05, 0.1) is 6.10 Å². The molecule has 1 aliphatic rings. The molecule has 1 aliphatic heterocycles. The Labute approximate surface area is 56.5 Å². The first-order chi connectivity index (χ1) is 4.33. The van der Waals surface area contributed by atoms with E-state index in [1.807, 2.05) is 0 Å². The van der Waals surface area contributed by atoms with Gasteiger partial charge in [0, 0.05) is 13.1 Å². The van der Waals surface area contributed by atoms with Gasteiger partial charge in [-0.25, -0.2) is 0 Å². The molecule has 0 atom stereocenters. The molecule has 53 valence electrons. The average molecular weight is 128 g/mol. The first kappa shape index (κ1) is 7.03. The van der Waals surface area contributed by atoms with Gasteiger partial charge in [0.25, 0.3) is 0 Å². The monoisotopic (exact) mass is 128 g/mol. The summed E-state index contributed by atoms with van der Waals surface area (Å²) in [7, 11) is 0. The maximum atomic E-state index is 8.86. The van der Waals surface area contributed by atoms with Crippen molar-refractivity contribution in [2.45, 2.75) is 18.9 Å². The molecule has 1 fully saturated rings. The molecular weight excluding hydrogens is 114 g/mol. The van der Waals surface area contributed by atoms with Gasteiger partial charge in [-0.05, 0) is 13.0 Å². The van der Waals surface area contributed by atoms with Gasteiger partial charge in [0.1, 0.15) is 0 Å². The summed E-state index contributed by atoms with van der Waals surface area (Å²) < 4.78 is 0. The van der Waals surface area contributed by atoms with Crippen LogP contribution in [0.3, 0.4) is 0 Å². The number of rotatable bonds is 3. The Morgan fingerprint density at radius 2 is 2.22 bits per heavy atom. The van der Waals surface area contributed by atoms with Crippen molar-refractivity contribution < 1.29 is 5.11 Å². The van der Waals surface area contributed by atoms with Crippen LogP contribution in [0.5, 0.6) is 0 Å². The van der Waals surface area contributed by atoms with Gasteiger partial charge in [-0.3, -0.25) is 4.90 Å². The second-order valence-corrected chi connectivity index (χ2v) is 2.62. The van der Waals surface area contributed by atoms with E-state index in [9.17, 15) is 0 Å². The minimum absolute atomic E-state index is 0.0465. The van der Waals surface area contributed by atoms with Gasteiger partial charge in [0.15, 0.2) is 0 Å². The molecule has 9 heavy (non-hydrogen) atoms. The molecule has 0 aliphatic carbocycles. The van der Waals surface area contributed by atoms with Crippen LogP contribution in [-0.4, -0.2) is 35.7 Å². The predicted octanol–water partition coefficient (Wildman–Crippen LogP) is 0.277. The van der Waals surface area contributed by atoms with Crippen LogP contribution in [0.1, 0.15) is 12.8 Å². The number of aliphatic hydroxyl groups excluding tert-OH is 1. The van der Waals surface area contributed by atoms with Crippen molar-refractivity contribution in [1.82, 2.24) is 4.90 Å². The minimum atomic E-state index is -0.0465. The van der Waals surface area contributed by atoms with E-state index in [0.717, 1.165) is 32.5 Å². The Morgan fingerprint density at radius 1 is 1.56 bits per heavy atom. The highest BCUT2D eigenvalue weighted by atomic mass is 16.3. The van der Waals surface area contributed by atoms with Crippen LogP contribution in [0.25, 0.3) is 0 Å². The lowest BCUT2D eigenvalue weighted by molar-refractivity contribution is 0.00194. The third-order valence-electron chi connectivity index (χ3n) is 1.66. The highest BCUT2D eigenvalue weighted by molar-refractivity contribution is 4.78. The topological polar surface area (TPSA) is 23.5 Å². The lowest BCUT2D eigenvalue weighted by atomic mass is 10.1. The maximum Gasteiger partial charge on any atom is 0.0793 e. The molecule has 1 saturated heterocycles. The van der Waals surface area contributed by atoms with Gasteiger partial charge in [-0.2, -0.15) is 0 Å². The Morgan fingerprint density at radius 3 is 2.67 bits per heavy atom. The van der Waals surface area contributed by atoms with Crippen molar-refractivity contribution in [1.29, 1.82) is 0 Å². The van der Waals surface area contributed by atoms with E-state index in [2.05, 4.69) is 11.8 Å². The van der Waals surface area contributed by atoms with E-state index in [4.69, 9.17) is 5.11 Å².